The third-order valence-electron chi connectivity index (χ3n) is 4.45. The first-order valence-corrected chi connectivity index (χ1v) is 8.48. The number of amides is 1. The van der Waals surface area contributed by atoms with E-state index in [1.165, 1.54) is 0 Å². The van der Waals surface area contributed by atoms with Gasteiger partial charge in [-0.15, -0.1) is 0 Å². The molecule has 1 fully saturated rings. The fraction of sp³-hybridized carbons (Fsp3) is 0.500. The molecule has 6 nitrogen and oxygen atoms in total. The van der Waals surface area contributed by atoms with Gasteiger partial charge in [0.15, 0.2) is 5.82 Å². The number of rotatable bonds is 3. The number of benzene rings is 1. The zero-order chi connectivity index (χ0) is 17.1. The summed E-state index contributed by atoms with van der Waals surface area (Å²) in [6, 6.07) is 7.92. The highest BCUT2D eigenvalue weighted by Crippen LogP contribution is 2.19. The summed E-state index contributed by atoms with van der Waals surface area (Å²) in [7, 11) is 0. The van der Waals surface area contributed by atoms with Crippen molar-refractivity contribution < 1.29 is 9.32 Å². The maximum absolute atomic E-state index is 12.7. The number of carbonyl (C=O) groups excluding carboxylic acids is 1. The van der Waals surface area contributed by atoms with E-state index in [2.05, 4.69) is 28.9 Å². The lowest BCUT2D eigenvalue weighted by atomic mass is 10.1. The predicted molar refractivity (Wildman–Crippen MR) is 91.7 cm³/mol. The van der Waals surface area contributed by atoms with Crippen LogP contribution in [-0.2, 0) is 0 Å². The summed E-state index contributed by atoms with van der Waals surface area (Å²) >= 11 is 0. The number of nitrogens with zero attached hydrogens (tertiary/aromatic N) is 4. The van der Waals surface area contributed by atoms with Crippen LogP contribution in [0.1, 0.15) is 36.5 Å². The van der Waals surface area contributed by atoms with Crippen molar-refractivity contribution in [2.24, 2.45) is 0 Å². The van der Waals surface area contributed by atoms with E-state index >= 15 is 0 Å². The molecule has 2 aromatic rings. The third-order valence-corrected chi connectivity index (χ3v) is 4.45. The molecule has 1 aromatic heterocycles. The van der Waals surface area contributed by atoms with Crippen LogP contribution in [0.4, 0.5) is 0 Å². The molecule has 24 heavy (non-hydrogen) atoms. The summed E-state index contributed by atoms with van der Waals surface area (Å²) < 4.78 is 5.16. The van der Waals surface area contributed by atoms with Crippen molar-refractivity contribution in [3.8, 4) is 11.5 Å². The molecule has 3 rings (SSSR count). The molecule has 1 saturated heterocycles. The normalized spacial score (nSPS) is 16.4. The number of aryl methyl sites for hydroxylation is 1. The summed E-state index contributed by atoms with van der Waals surface area (Å²) in [5.41, 5.74) is 1.53. The zero-order valence-corrected chi connectivity index (χ0v) is 14.5. The Morgan fingerprint density at radius 2 is 1.88 bits per heavy atom. The molecule has 1 aromatic carbocycles. The molecule has 1 aliphatic rings. The first kappa shape index (κ1) is 16.6. The molecule has 128 valence electrons. The molecule has 1 amide bonds. The van der Waals surface area contributed by atoms with E-state index in [-0.39, 0.29) is 5.91 Å². The first-order valence-electron chi connectivity index (χ1n) is 8.48. The fourth-order valence-corrected chi connectivity index (χ4v) is 3.01. The quantitative estimate of drug-likeness (QED) is 0.866. The van der Waals surface area contributed by atoms with E-state index in [1.807, 2.05) is 29.2 Å². The lowest BCUT2D eigenvalue weighted by molar-refractivity contribution is 0.0759. The van der Waals surface area contributed by atoms with E-state index in [1.54, 1.807) is 6.92 Å². The molecule has 1 aliphatic heterocycles. The zero-order valence-electron chi connectivity index (χ0n) is 14.5. The van der Waals surface area contributed by atoms with Crippen LogP contribution in [0.25, 0.3) is 11.5 Å². The number of carbonyl (C=O) groups is 1. The van der Waals surface area contributed by atoms with Crippen molar-refractivity contribution in [1.82, 2.24) is 19.9 Å². The molecular weight excluding hydrogens is 304 g/mol. The van der Waals surface area contributed by atoms with Crippen molar-refractivity contribution in [3.05, 3.63) is 35.7 Å². The van der Waals surface area contributed by atoms with E-state index < -0.39 is 0 Å². The van der Waals surface area contributed by atoms with Crippen molar-refractivity contribution in [3.63, 3.8) is 0 Å². The molecule has 0 atom stereocenters. The highest BCUT2D eigenvalue weighted by molar-refractivity contribution is 5.94. The van der Waals surface area contributed by atoms with E-state index in [0.29, 0.717) is 23.3 Å². The molecule has 6 heteroatoms. The summed E-state index contributed by atoms with van der Waals surface area (Å²) in [5.74, 6) is 1.17. The fourth-order valence-electron chi connectivity index (χ4n) is 3.01. The monoisotopic (exact) mass is 328 g/mol. The van der Waals surface area contributed by atoms with Crippen LogP contribution in [0.5, 0.6) is 0 Å². The van der Waals surface area contributed by atoms with Crippen LogP contribution in [-0.4, -0.2) is 58.1 Å². The lowest BCUT2D eigenvalue weighted by Crippen LogP contribution is -2.37. The van der Waals surface area contributed by atoms with Crippen LogP contribution in [0.2, 0.25) is 0 Å². The minimum absolute atomic E-state index is 0.0915. The van der Waals surface area contributed by atoms with Gasteiger partial charge in [0.25, 0.3) is 11.8 Å². The van der Waals surface area contributed by atoms with Gasteiger partial charge in [0.2, 0.25) is 0 Å². The SMILES string of the molecule is Cc1noc(-c2ccc(C(=O)N3CCCN(C(C)C)CC3)cc2)n1. The van der Waals surface area contributed by atoms with Crippen LogP contribution in [0, 0.1) is 6.92 Å². The minimum atomic E-state index is 0.0915. The highest BCUT2D eigenvalue weighted by Gasteiger charge is 2.21. The van der Waals surface area contributed by atoms with Crippen LogP contribution in [0.3, 0.4) is 0 Å². The molecule has 0 spiro atoms. The van der Waals surface area contributed by atoms with Crippen molar-refractivity contribution in [2.75, 3.05) is 26.2 Å². The van der Waals surface area contributed by atoms with Crippen LogP contribution >= 0.6 is 0 Å². The minimum Gasteiger partial charge on any atom is -0.337 e. The average molecular weight is 328 g/mol. The largest absolute Gasteiger partial charge is 0.337 e. The Labute approximate surface area is 142 Å². The van der Waals surface area contributed by atoms with Gasteiger partial charge in [0, 0.05) is 43.3 Å². The standard InChI is InChI=1S/C18H24N4O2/c1-13(2)21-9-4-10-22(12-11-21)18(23)16-7-5-15(6-8-16)17-19-14(3)20-24-17/h5-8,13H,4,9-12H2,1-3H3. The Balaban J connectivity index is 1.68. The van der Waals surface area contributed by atoms with E-state index in [9.17, 15) is 4.79 Å². The van der Waals surface area contributed by atoms with Gasteiger partial charge in [0.1, 0.15) is 0 Å². The highest BCUT2D eigenvalue weighted by atomic mass is 16.5. The second-order valence-corrected chi connectivity index (χ2v) is 6.50. The van der Waals surface area contributed by atoms with Gasteiger partial charge in [-0.1, -0.05) is 5.16 Å². The summed E-state index contributed by atoms with van der Waals surface area (Å²) in [6.45, 7) is 9.77. The van der Waals surface area contributed by atoms with Crippen LogP contribution in [0.15, 0.2) is 28.8 Å². The summed E-state index contributed by atoms with van der Waals surface area (Å²) in [4.78, 5) is 21.3. The van der Waals surface area contributed by atoms with Crippen molar-refractivity contribution in [2.45, 2.75) is 33.2 Å². The topological polar surface area (TPSA) is 62.5 Å². The molecule has 0 bridgehead atoms. The van der Waals surface area contributed by atoms with Crippen molar-refractivity contribution in [1.29, 1.82) is 0 Å². The molecule has 0 aliphatic carbocycles. The van der Waals surface area contributed by atoms with Crippen molar-refractivity contribution >= 4 is 5.91 Å². The average Bonchev–Trinajstić information content (AvgIpc) is 2.86. The Kier molecular flexibility index (Phi) is 4.94. The molecule has 2 heterocycles. The smallest absolute Gasteiger partial charge is 0.257 e. The van der Waals surface area contributed by atoms with Crippen LogP contribution < -0.4 is 0 Å². The van der Waals surface area contributed by atoms with Gasteiger partial charge in [-0.05, 0) is 51.5 Å². The first-order chi connectivity index (χ1) is 11.5. The molecule has 0 unspecified atom stereocenters. The molecule has 0 N–H and O–H groups in total. The van der Waals surface area contributed by atoms with E-state index in [4.69, 9.17) is 4.52 Å². The summed E-state index contributed by atoms with van der Waals surface area (Å²) in [5, 5.41) is 3.79. The van der Waals surface area contributed by atoms with Gasteiger partial charge < -0.3 is 9.42 Å². The van der Waals surface area contributed by atoms with Gasteiger partial charge in [0.05, 0.1) is 0 Å². The Bertz CT molecular complexity index is 693. The second kappa shape index (κ2) is 7.13. The van der Waals surface area contributed by atoms with Gasteiger partial charge in [-0.3, -0.25) is 9.69 Å². The number of hydrogen-bond donors (Lipinski definition) is 0. The summed E-state index contributed by atoms with van der Waals surface area (Å²) in [6.07, 6.45) is 1.02. The Morgan fingerprint density at radius 1 is 1.12 bits per heavy atom. The van der Waals surface area contributed by atoms with E-state index in [0.717, 1.165) is 38.2 Å². The maximum Gasteiger partial charge on any atom is 0.257 e. The third kappa shape index (κ3) is 3.64. The number of hydrogen-bond acceptors (Lipinski definition) is 5. The molecule has 0 radical (unpaired) electrons. The maximum atomic E-state index is 12.7. The number of aromatic nitrogens is 2. The van der Waals surface area contributed by atoms with Gasteiger partial charge in [-0.25, -0.2) is 0 Å². The Morgan fingerprint density at radius 3 is 2.50 bits per heavy atom. The lowest BCUT2D eigenvalue weighted by Gasteiger charge is -2.25. The second-order valence-electron chi connectivity index (χ2n) is 6.50. The van der Waals surface area contributed by atoms with Gasteiger partial charge in [-0.2, -0.15) is 4.98 Å². The van der Waals surface area contributed by atoms with Gasteiger partial charge >= 0.3 is 0 Å². The molecule has 0 saturated carbocycles. The predicted octanol–water partition coefficient (Wildman–Crippen LogP) is 2.60. The molecular formula is C18H24N4O2. The Hall–Kier alpha value is -2.21.